The maximum atomic E-state index is 11.0. The Kier molecular flexibility index (Phi) is 6.23. The minimum Gasteiger partial charge on any atom is -0.545 e. The van der Waals surface area contributed by atoms with E-state index in [0.29, 0.717) is 0 Å². The summed E-state index contributed by atoms with van der Waals surface area (Å²) < 4.78 is 0. The number of aromatic carboxylic acids is 2. The molecule has 0 aliphatic heterocycles. The van der Waals surface area contributed by atoms with Gasteiger partial charge in [-0.05, 0) is 24.3 Å². The number of halogens is 1. The first-order valence-electron chi connectivity index (χ1n) is 5.57. The van der Waals surface area contributed by atoms with Gasteiger partial charge in [-0.15, -0.1) is 0 Å². The van der Waals surface area contributed by atoms with Crippen LogP contribution in [0, 0.1) is 0 Å². The van der Waals surface area contributed by atoms with Crippen LogP contribution in [0.5, 0.6) is 0 Å². The largest absolute Gasteiger partial charge is 1.00 e. The van der Waals surface area contributed by atoms with Crippen molar-refractivity contribution in [3.63, 3.8) is 0 Å². The van der Waals surface area contributed by atoms with E-state index < -0.39 is 11.9 Å². The fourth-order valence-corrected chi connectivity index (χ4v) is 1.88. The monoisotopic (exact) mass is 312 g/mol. The van der Waals surface area contributed by atoms with Crippen LogP contribution < -0.4 is 45.1 Å². The summed E-state index contributed by atoms with van der Waals surface area (Å²) in [6.07, 6.45) is 0. The van der Waals surface area contributed by atoms with Crippen LogP contribution in [0.25, 0.3) is 0 Å². The molecule has 1 N–H and O–H groups in total. The predicted molar refractivity (Wildman–Crippen MR) is 69.8 cm³/mol. The fraction of sp³-hybridized carbons (Fsp3) is 0. The Morgan fingerprint density at radius 1 is 0.905 bits per heavy atom. The van der Waals surface area contributed by atoms with Crippen molar-refractivity contribution in [1.29, 1.82) is 0 Å². The van der Waals surface area contributed by atoms with Crippen LogP contribution in [-0.4, -0.2) is 11.9 Å². The average Bonchev–Trinajstić information content (AvgIpc) is 2.41. The van der Waals surface area contributed by atoms with Crippen LogP contribution in [0.3, 0.4) is 0 Å². The minimum absolute atomic E-state index is 0. The van der Waals surface area contributed by atoms with Crippen LogP contribution in [0.1, 0.15) is 20.7 Å². The van der Waals surface area contributed by atoms with Crippen LogP contribution in [0.2, 0.25) is 5.02 Å². The SMILES string of the molecule is O=C([O-])c1ccccc1Nc1ccc(Cl)cc1C(=O)[O-].[Na+]. The summed E-state index contributed by atoms with van der Waals surface area (Å²) in [5.41, 5.74) is 0.165. The molecule has 2 aromatic rings. The molecule has 0 heterocycles. The summed E-state index contributed by atoms with van der Waals surface area (Å²) >= 11 is 5.72. The molecule has 0 bridgehead atoms. The molecule has 0 spiro atoms. The van der Waals surface area contributed by atoms with E-state index in [2.05, 4.69) is 5.32 Å². The number of nitrogens with one attached hydrogen (secondary N) is 1. The first kappa shape index (κ1) is 17.5. The summed E-state index contributed by atoms with van der Waals surface area (Å²) in [5.74, 6) is -2.78. The van der Waals surface area contributed by atoms with Gasteiger partial charge in [0.25, 0.3) is 0 Å². The van der Waals surface area contributed by atoms with Gasteiger partial charge in [0.15, 0.2) is 0 Å². The van der Waals surface area contributed by atoms with Crippen LogP contribution >= 0.6 is 11.6 Å². The van der Waals surface area contributed by atoms with Gasteiger partial charge in [0.05, 0.1) is 11.9 Å². The number of carboxylic acids is 2. The van der Waals surface area contributed by atoms with Gasteiger partial charge < -0.3 is 25.1 Å². The number of benzene rings is 2. The zero-order valence-corrected chi connectivity index (χ0v) is 13.8. The fourth-order valence-electron chi connectivity index (χ4n) is 1.71. The molecule has 7 heteroatoms. The van der Waals surface area contributed by atoms with E-state index in [0.717, 1.165) is 0 Å². The normalized spacial score (nSPS) is 9.57. The summed E-state index contributed by atoms with van der Waals surface area (Å²) in [6, 6.07) is 10.1. The zero-order valence-electron chi connectivity index (χ0n) is 11.1. The second-order valence-corrected chi connectivity index (χ2v) is 4.37. The van der Waals surface area contributed by atoms with E-state index in [1.165, 1.54) is 36.4 Å². The van der Waals surface area contributed by atoms with Gasteiger partial charge in [-0.3, -0.25) is 0 Å². The van der Waals surface area contributed by atoms with E-state index in [-0.39, 0.29) is 57.1 Å². The molecule has 0 saturated heterocycles. The van der Waals surface area contributed by atoms with E-state index in [4.69, 9.17) is 11.6 Å². The van der Waals surface area contributed by atoms with E-state index >= 15 is 0 Å². The first-order valence-corrected chi connectivity index (χ1v) is 5.95. The van der Waals surface area contributed by atoms with Gasteiger partial charge in [-0.1, -0.05) is 29.8 Å². The molecule has 5 nitrogen and oxygen atoms in total. The second kappa shape index (κ2) is 7.47. The third-order valence-corrected chi connectivity index (χ3v) is 2.85. The van der Waals surface area contributed by atoms with Crippen molar-refractivity contribution in [3.8, 4) is 0 Å². The molecule has 0 aliphatic carbocycles. The summed E-state index contributed by atoms with van der Waals surface area (Å²) in [5, 5.41) is 25.0. The molecule has 0 saturated carbocycles. The van der Waals surface area contributed by atoms with Crippen molar-refractivity contribution in [2.24, 2.45) is 0 Å². The molecule has 0 unspecified atom stereocenters. The molecule has 0 fully saturated rings. The number of hydrogen-bond donors (Lipinski definition) is 1. The topological polar surface area (TPSA) is 92.3 Å². The average molecular weight is 313 g/mol. The van der Waals surface area contributed by atoms with Crippen molar-refractivity contribution in [2.45, 2.75) is 0 Å². The number of carboxylic acid groups (broad SMARTS) is 2. The van der Waals surface area contributed by atoms with E-state index in [9.17, 15) is 19.8 Å². The molecule has 0 radical (unpaired) electrons. The molecular weight excluding hydrogens is 305 g/mol. The number of carbonyl (C=O) groups is 2. The maximum absolute atomic E-state index is 11.0. The van der Waals surface area contributed by atoms with Gasteiger partial charge in [-0.25, -0.2) is 0 Å². The summed E-state index contributed by atoms with van der Waals surface area (Å²) in [4.78, 5) is 22.0. The number of para-hydroxylation sites is 1. The Balaban J connectivity index is 0.00000220. The third-order valence-electron chi connectivity index (χ3n) is 2.62. The van der Waals surface area contributed by atoms with Crippen molar-refractivity contribution < 1.29 is 49.4 Å². The van der Waals surface area contributed by atoms with Crippen molar-refractivity contribution in [1.82, 2.24) is 0 Å². The third kappa shape index (κ3) is 4.22. The Morgan fingerprint density at radius 2 is 1.48 bits per heavy atom. The minimum atomic E-state index is -1.42. The van der Waals surface area contributed by atoms with E-state index in [1.54, 1.807) is 6.07 Å². The number of carbonyl (C=O) groups excluding carboxylic acids is 2. The smallest absolute Gasteiger partial charge is 0.545 e. The van der Waals surface area contributed by atoms with Gasteiger partial charge in [0.2, 0.25) is 0 Å². The molecular formula is C14H8ClNNaO4-. The molecule has 0 aromatic heterocycles. The van der Waals surface area contributed by atoms with E-state index in [1.807, 2.05) is 0 Å². The van der Waals surface area contributed by atoms with Crippen LogP contribution in [0.4, 0.5) is 11.4 Å². The number of hydrogen-bond acceptors (Lipinski definition) is 5. The first-order chi connectivity index (χ1) is 9.49. The zero-order chi connectivity index (χ0) is 14.7. The van der Waals surface area contributed by atoms with Gasteiger partial charge >= 0.3 is 29.6 Å². The standard InChI is InChI=1S/C14H10ClNO4.Na/c15-8-5-6-12(10(7-8)14(19)20)16-11-4-2-1-3-9(11)13(17)18;/h1-7,16H,(H,17,18)(H,19,20);/q;+1/p-2. The Bertz CT molecular complexity index is 690. The van der Waals surface area contributed by atoms with Crippen molar-refractivity contribution in [3.05, 3.63) is 58.6 Å². The second-order valence-electron chi connectivity index (χ2n) is 3.94. The van der Waals surface area contributed by atoms with Gasteiger partial charge in [-0.2, -0.15) is 0 Å². The van der Waals surface area contributed by atoms with Crippen LogP contribution in [0.15, 0.2) is 42.5 Å². The predicted octanol–water partition coefficient (Wildman–Crippen LogP) is -2.19. The number of rotatable bonds is 4. The molecule has 0 amide bonds. The molecule has 0 aliphatic rings. The van der Waals surface area contributed by atoms with Crippen molar-refractivity contribution in [2.75, 3.05) is 5.32 Å². The molecule has 2 rings (SSSR count). The van der Waals surface area contributed by atoms with Crippen LogP contribution in [-0.2, 0) is 0 Å². The molecule has 21 heavy (non-hydrogen) atoms. The van der Waals surface area contributed by atoms with Crippen molar-refractivity contribution >= 4 is 34.9 Å². The number of anilines is 2. The summed E-state index contributed by atoms with van der Waals surface area (Å²) in [7, 11) is 0. The summed E-state index contributed by atoms with van der Waals surface area (Å²) in [6.45, 7) is 0. The Hall–Kier alpha value is -1.53. The molecule has 102 valence electrons. The Labute approximate surface area is 147 Å². The molecule has 0 atom stereocenters. The Morgan fingerprint density at radius 3 is 2.10 bits per heavy atom. The molecule has 2 aromatic carbocycles. The van der Waals surface area contributed by atoms with Gasteiger partial charge in [0, 0.05) is 27.5 Å². The van der Waals surface area contributed by atoms with Gasteiger partial charge in [0.1, 0.15) is 0 Å². The quantitative estimate of drug-likeness (QED) is 0.648. The maximum Gasteiger partial charge on any atom is 1.00 e.